The van der Waals surface area contributed by atoms with Crippen molar-refractivity contribution in [1.29, 1.82) is 0 Å². The maximum Gasteiger partial charge on any atom is 0.573 e. The Kier molecular flexibility index (Phi) is 4.42. The van der Waals surface area contributed by atoms with Crippen molar-refractivity contribution < 1.29 is 23.0 Å². The van der Waals surface area contributed by atoms with Gasteiger partial charge < -0.3 is 15.6 Å². The summed E-state index contributed by atoms with van der Waals surface area (Å²) in [6.45, 7) is 0. The molecule has 1 aliphatic rings. The second-order valence-electron chi connectivity index (χ2n) is 5.17. The molecule has 20 heavy (non-hydrogen) atoms. The molecular formula is C14H18F3NO2. The fourth-order valence-corrected chi connectivity index (χ4v) is 2.76. The molecule has 1 fully saturated rings. The van der Waals surface area contributed by atoms with Gasteiger partial charge in [0, 0.05) is 11.6 Å². The molecule has 6 heteroatoms. The molecule has 112 valence electrons. The van der Waals surface area contributed by atoms with Crippen LogP contribution in [0.4, 0.5) is 13.2 Å². The Hall–Kier alpha value is -1.43. The van der Waals surface area contributed by atoms with Crippen molar-refractivity contribution >= 4 is 0 Å². The van der Waals surface area contributed by atoms with Crippen LogP contribution in [0.5, 0.6) is 11.5 Å². The summed E-state index contributed by atoms with van der Waals surface area (Å²) >= 11 is 0. The number of rotatable bonds is 3. The van der Waals surface area contributed by atoms with Crippen LogP contribution in [0.2, 0.25) is 0 Å². The van der Waals surface area contributed by atoms with Crippen molar-refractivity contribution in [2.45, 2.75) is 44.5 Å². The van der Waals surface area contributed by atoms with Gasteiger partial charge in [-0.1, -0.05) is 31.4 Å². The second kappa shape index (κ2) is 5.91. The van der Waals surface area contributed by atoms with Gasteiger partial charge in [-0.25, -0.2) is 0 Å². The van der Waals surface area contributed by atoms with Crippen LogP contribution in [-0.4, -0.2) is 11.5 Å². The standard InChI is InChI=1S/C14H18F3NO2/c15-14(16,17)20-11-8-4-7-10(13(11)19)12(18)9-5-2-1-3-6-9/h4,7-9,12,19H,1-3,5-6,18H2/t12-/m1/s1. The Balaban J connectivity index is 2.21. The van der Waals surface area contributed by atoms with Gasteiger partial charge in [0.15, 0.2) is 11.5 Å². The maximum atomic E-state index is 12.2. The molecule has 0 bridgehead atoms. The summed E-state index contributed by atoms with van der Waals surface area (Å²) in [7, 11) is 0. The molecule has 1 saturated carbocycles. The van der Waals surface area contributed by atoms with E-state index in [1.54, 1.807) is 6.07 Å². The predicted octanol–water partition coefficient (Wildman–Crippen LogP) is 3.87. The molecule has 0 spiro atoms. The third kappa shape index (κ3) is 3.56. The third-order valence-corrected chi connectivity index (χ3v) is 3.77. The van der Waals surface area contributed by atoms with E-state index in [4.69, 9.17) is 5.73 Å². The summed E-state index contributed by atoms with van der Waals surface area (Å²) in [4.78, 5) is 0. The van der Waals surface area contributed by atoms with Crippen LogP contribution in [0.1, 0.15) is 43.7 Å². The zero-order valence-electron chi connectivity index (χ0n) is 11.0. The van der Waals surface area contributed by atoms with Crippen LogP contribution in [0.25, 0.3) is 0 Å². The van der Waals surface area contributed by atoms with Gasteiger partial charge in [-0.15, -0.1) is 13.2 Å². The molecule has 1 atom stereocenters. The smallest absolute Gasteiger partial charge is 0.504 e. The van der Waals surface area contributed by atoms with Gasteiger partial charge in [0.25, 0.3) is 0 Å². The normalized spacial score (nSPS) is 18.8. The Bertz CT molecular complexity index is 456. The van der Waals surface area contributed by atoms with Crippen LogP contribution in [0, 0.1) is 5.92 Å². The largest absolute Gasteiger partial charge is 0.573 e. The quantitative estimate of drug-likeness (QED) is 0.888. The SMILES string of the molecule is N[C@@H](c1cccc(OC(F)(F)F)c1O)C1CCCCC1. The number of alkyl halides is 3. The predicted molar refractivity (Wildman–Crippen MR) is 68.3 cm³/mol. The number of hydrogen-bond acceptors (Lipinski definition) is 3. The molecule has 0 aliphatic heterocycles. The zero-order chi connectivity index (χ0) is 14.8. The minimum atomic E-state index is -4.83. The fraction of sp³-hybridized carbons (Fsp3) is 0.571. The van der Waals surface area contributed by atoms with Crippen molar-refractivity contribution in [3.05, 3.63) is 23.8 Å². The highest BCUT2D eigenvalue weighted by Gasteiger charge is 2.33. The lowest BCUT2D eigenvalue weighted by Crippen LogP contribution is -2.24. The fourth-order valence-electron chi connectivity index (χ4n) is 2.76. The lowest BCUT2D eigenvalue weighted by atomic mass is 9.81. The third-order valence-electron chi connectivity index (χ3n) is 3.77. The molecule has 1 aromatic carbocycles. The molecule has 3 nitrogen and oxygen atoms in total. The van der Waals surface area contributed by atoms with Crippen molar-refractivity contribution in [1.82, 2.24) is 0 Å². The number of benzene rings is 1. The highest BCUT2D eigenvalue weighted by molar-refractivity contribution is 5.47. The molecule has 2 rings (SSSR count). The summed E-state index contributed by atoms with van der Waals surface area (Å²) in [5.74, 6) is -0.917. The van der Waals surface area contributed by atoms with Gasteiger partial charge in [-0.3, -0.25) is 0 Å². The number of ether oxygens (including phenoxy) is 1. The Morgan fingerprint density at radius 2 is 1.85 bits per heavy atom. The van der Waals surface area contributed by atoms with E-state index in [1.807, 2.05) is 0 Å². The van der Waals surface area contributed by atoms with Crippen molar-refractivity contribution in [2.24, 2.45) is 11.7 Å². The molecule has 1 aromatic rings. The Morgan fingerprint density at radius 1 is 1.20 bits per heavy atom. The first-order chi connectivity index (χ1) is 9.38. The molecule has 3 N–H and O–H groups in total. The molecule has 0 saturated heterocycles. The summed E-state index contributed by atoms with van der Waals surface area (Å²) in [6, 6.07) is 3.59. The number of para-hydroxylation sites is 1. The van der Waals surface area contributed by atoms with Gasteiger partial charge >= 0.3 is 6.36 Å². The number of aromatic hydroxyl groups is 1. The van der Waals surface area contributed by atoms with Gasteiger partial charge in [-0.2, -0.15) is 0 Å². The average Bonchev–Trinajstić information content (AvgIpc) is 2.40. The van der Waals surface area contributed by atoms with Crippen molar-refractivity contribution in [3.63, 3.8) is 0 Å². The van der Waals surface area contributed by atoms with Crippen LogP contribution in [0.3, 0.4) is 0 Å². The van der Waals surface area contributed by atoms with E-state index in [0.29, 0.717) is 5.56 Å². The Morgan fingerprint density at radius 3 is 2.45 bits per heavy atom. The first-order valence-electron chi connectivity index (χ1n) is 6.71. The molecular weight excluding hydrogens is 271 g/mol. The van der Waals surface area contributed by atoms with E-state index in [2.05, 4.69) is 4.74 Å². The van der Waals surface area contributed by atoms with E-state index in [0.717, 1.165) is 38.2 Å². The summed E-state index contributed by atoms with van der Waals surface area (Å²) < 4.78 is 40.5. The molecule has 0 radical (unpaired) electrons. The minimum absolute atomic E-state index is 0.191. The van der Waals surface area contributed by atoms with Gasteiger partial charge in [0.05, 0.1) is 0 Å². The number of nitrogens with two attached hydrogens (primary N) is 1. The zero-order valence-corrected chi connectivity index (χ0v) is 11.0. The van der Waals surface area contributed by atoms with Crippen LogP contribution in [0.15, 0.2) is 18.2 Å². The summed E-state index contributed by atoms with van der Waals surface area (Å²) in [5, 5.41) is 9.95. The average molecular weight is 289 g/mol. The maximum absolute atomic E-state index is 12.2. The Labute approximate surface area is 115 Å². The minimum Gasteiger partial charge on any atom is -0.504 e. The topological polar surface area (TPSA) is 55.5 Å². The number of phenolic OH excluding ortho intramolecular Hbond substituents is 1. The van der Waals surface area contributed by atoms with Crippen LogP contribution < -0.4 is 10.5 Å². The monoisotopic (exact) mass is 289 g/mol. The van der Waals surface area contributed by atoms with Gasteiger partial charge in [0.1, 0.15) is 0 Å². The molecule has 0 aromatic heterocycles. The van der Waals surface area contributed by atoms with Crippen molar-refractivity contribution in [2.75, 3.05) is 0 Å². The summed E-state index contributed by atoms with van der Waals surface area (Å²) in [6.07, 6.45) is 0.336. The first kappa shape index (κ1) is 15.0. The highest BCUT2D eigenvalue weighted by Crippen LogP contribution is 2.41. The van der Waals surface area contributed by atoms with E-state index >= 15 is 0 Å². The van der Waals surface area contributed by atoms with E-state index in [1.165, 1.54) is 6.07 Å². The van der Waals surface area contributed by atoms with Gasteiger partial charge in [0.2, 0.25) is 0 Å². The van der Waals surface area contributed by atoms with Crippen LogP contribution >= 0.6 is 0 Å². The molecule has 1 aliphatic carbocycles. The number of phenols is 1. The number of hydrogen-bond donors (Lipinski definition) is 2. The first-order valence-corrected chi connectivity index (χ1v) is 6.71. The number of halogens is 3. The van der Waals surface area contributed by atoms with E-state index in [-0.39, 0.29) is 5.92 Å². The summed E-state index contributed by atoms with van der Waals surface area (Å²) in [5.41, 5.74) is 6.42. The lowest BCUT2D eigenvalue weighted by molar-refractivity contribution is -0.275. The lowest BCUT2D eigenvalue weighted by Gasteiger charge is -2.28. The van der Waals surface area contributed by atoms with Crippen LogP contribution in [-0.2, 0) is 0 Å². The van der Waals surface area contributed by atoms with E-state index in [9.17, 15) is 18.3 Å². The molecule has 0 heterocycles. The molecule has 0 amide bonds. The second-order valence-corrected chi connectivity index (χ2v) is 5.17. The molecule has 0 unspecified atom stereocenters. The highest BCUT2D eigenvalue weighted by atomic mass is 19.4. The van der Waals surface area contributed by atoms with E-state index < -0.39 is 23.9 Å². The van der Waals surface area contributed by atoms with Crippen molar-refractivity contribution in [3.8, 4) is 11.5 Å². The van der Waals surface area contributed by atoms with Gasteiger partial charge in [-0.05, 0) is 24.8 Å².